The fraction of sp³-hybridized carbons (Fsp3) is 0.467. The number of amides is 2. The fourth-order valence-corrected chi connectivity index (χ4v) is 1.66. The standard InChI is InChI=1S/C15H21NO5/c1-11(9-21-10-20-2)13(17)8-14(18)16-15(19)12-6-4-3-5-7-12/h3-7,11,13,17H,8-10H2,1-2H3,(H,16,18,19)/t11-,13-/m0/s1. The average Bonchev–Trinajstić information content (AvgIpc) is 2.48. The molecule has 6 heteroatoms. The summed E-state index contributed by atoms with van der Waals surface area (Å²) in [5, 5.41) is 12.1. The van der Waals surface area contributed by atoms with E-state index < -0.39 is 17.9 Å². The summed E-state index contributed by atoms with van der Waals surface area (Å²) in [6.45, 7) is 2.16. The number of carbonyl (C=O) groups excluding carboxylic acids is 2. The normalized spacial score (nSPS) is 13.5. The van der Waals surface area contributed by atoms with E-state index in [1.54, 1.807) is 37.3 Å². The lowest BCUT2D eigenvalue weighted by Crippen LogP contribution is -2.35. The molecular weight excluding hydrogens is 274 g/mol. The van der Waals surface area contributed by atoms with Crippen LogP contribution >= 0.6 is 0 Å². The van der Waals surface area contributed by atoms with Gasteiger partial charge in [-0.1, -0.05) is 25.1 Å². The first kappa shape index (κ1) is 17.3. The number of rotatable bonds is 8. The third-order valence-electron chi connectivity index (χ3n) is 2.92. The summed E-state index contributed by atoms with van der Waals surface area (Å²) in [4.78, 5) is 23.5. The second kappa shape index (κ2) is 9.23. The van der Waals surface area contributed by atoms with Gasteiger partial charge in [0.15, 0.2) is 0 Å². The number of benzene rings is 1. The minimum atomic E-state index is -0.884. The average molecular weight is 295 g/mol. The van der Waals surface area contributed by atoms with Crippen LogP contribution in [0.25, 0.3) is 0 Å². The number of nitrogens with one attached hydrogen (secondary N) is 1. The summed E-state index contributed by atoms with van der Waals surface area (Å²) >= 11 is 0. The van der Waals surface area contributed by atoms with E-state index in [1.165, 1.54) is 7.11 Å². The van der Waals surface area contributed by atoms with E-state index in [2.05, 4.69) is 5.32 Å². The Hall–Kier alpha value is -1.76. The summed E-state index contributed by atoms with van der Waals surface area (Å²) in [6.07, 6.45) is -1.04. The molecule has 1 aromatic rings. The molecule has 0 aliphatic heterocycles. The van der Waals surface area contributed by atoms with Gasteiger partial charge in [0.05, 0.1) is 19.1 Å². The van der Waals surface area contributed by atoms with Crippen LogP contribution in [-0.4, -0.2) is 43.5 Å². The van der Waals surface area contributed by atoms with Crippen LogP contribution < -0.4 is 5.32 Å². The van der Waals surface area contributed by atoms with E-state index in [9.17, 15) is 14.7 Å². The molecule has 1 aromatic carbocycles. The number of ether oxygens (including phenoxy) is 2. The van der Waals surface area contributed by atoms with Crippen molar-refractivity contribution in [3.8, 4) is 0 Å². The first-order valence-electron chi connectivity index (χ1n) is 6.68. The van der Waals surface area contributed by atoms with E-state index in [-0.39, 0.29) is 25.7 Å². The van der Waals surface area contributed by atoms with Gasteiger partial charge < -0.3 is 14.6 Å². The van der Waals surface area contributed by atoms with Crippen molar-refractivity contribution in [2.45, 2.75) is 19.4 Å². The SMILES string of the molecule is COCOC[C@H](C)[C@@H](O)CC(=O)NC(=O)c1ccccc1. The summed E-state index contributed by atoms with van der Waals surface area (Å²) in [5.41, 5.74) is 0.400. The van der Waals surface area contributed by atoms with Crippen LogP contribution in [0, 0.1) is 5.92 Å². The molecule has 0 unspecified atom stereocenters. The Labute approximate surface area is 124 Å². The number of hydrogen-bond acceptors (Lipinski definition) is 5. The minimum absolute atomic E-state index is 0.135. The highest BCUT2D eigenvalue weighted by atomic mass is 16.7. The number of imide groups is 1. The van der Waals surface area contributed by atoms with Gasteiger partial charge in [0.1, 0.15) is 6.79 Å². The molecule has 0 heterocycles. The number of methoxy groups -OCH3 is 1. The highest BCUT2D eigenvalue weighted by molar-refractivity contribution is 6.04. The van der Waals surface area contributed by atoms with Crippen LogP contribution in [0.2, 0.25) is 0 Å². The maximum Gasteiger partial charge on any atom is 0.257 e. The topological polar surface area (TPSA) is 84.9 Å². The predicted molar refractivity (Wildman–Crippen MR) is 76.5 cm³/mol. The molecule has 0 saturated carbocycles. The lowest BCUT2D eigenvalue weighted by atomic mass is 10.0. The number of aliphatic hydroxyl groups excluding tert-OH is 1. The Balaban J connectivity index is 2.37. The lowest BCUT2D eigenvalue weighted by Gasteiger charge is -2.18. The van der Waals surface area contributed by atoms with Gasteiger partial charge in [-0.25, -0.2) is 0 Å². The molecule has 0 fully saturated rings. The molecule has 0 aromatic heterocycles. The number of hydrogen-bond donors (Lipinski definition) is 2. The zero-order valence-electron chi connectivity index (χ0n) is 12.2. The fourth-order valence-electron chi connectivity index (χ4n) is 1.66. The quantitative estimate of drug-likeness (QED) is 0.551. The summed E-state index contributed by atoms with van der Waals surface area (Å²) < 4.78 is 9.84. The Kier molecular flexibility index (Phi) is 7.60. The van der Waals surface area contributed by atoms with Crippen molar-refractivity contribution in [2.24, 2.45) is 5.92 Å². The van der Waals surface area contributed by atoms with Gasteiger partial charge in [0, 0.05) is 18.6 Å². The van der Waals surface area contributed by atoms with E-state index in [1.807, 2.05) is 0 Å². The highest BCUT2D eigenvalue weighted by Crippen LogP contribution is 2.08. The first-order chi connectivity index (χ1) is 10.0. The molecule has 2 atom stereocenters. The van der Waals surface area contributed by atoms with Gasteiger partial charge in [0.25, 0.3) is 5.91 Å². The zero-order chi connectivity index (χ0) is 15.7. The van der Waals surface area contributed by atoms with Crippen LogP contribution in [-0.2, 0) is 14.3 Å². The first-order valence-corrected chi connectivity index (χ1v) is 6.68. The highest BCUT2D eigenvalue weighted by Gasteiger charge is 2.19. The van der Waals surface area contributed by atoms with E-state index in [0.717, 1.165) is 0 Å². The maximum absolute atomic E-state index is 11.8. The van der Waals surface area contributed by atoms with Gasteiger partial charge in [0.2, 0.25) is 5.91 Å². The molecule has 0 saturated heterocycles. The summed E-state index contributed by atoms with van der Waals surface area (Å²) in [5.74, 6) is -1.23. The molecule has 0 aliphatic rings. The van der Waals surface area contributed by atoms with Crippen molar-refractivity contribution in [3.05, 3.63) is 35.9 Å². The second-order valence-corrected chi connectivity index (χ2v) is 4.77. The van der Waals surface area contributed by atoms with Crippen molar-refractivity contribution >= 4 is 11.8 Å². The Morgan fingerprint density at radius 3 is 2.57 bits per heavy atom. The van der Waals surface area contributed by atoms with Crippen LogP contribution in [0.5, 0.6) is 0 Å². The molecule has 0 spiro atoms. The Morgan fingerprint density at radius 2 is 1.95 bits per heavy atom. The van der Waals surface area contributed by atoms with Crippen LogP contribution in [0.15, 0.2) is 30.3 Å². The summed E-state index contributed by atoms with van der Waals surface area (Å²) in [6, 6.07) is 8.43. The van der Waals surface area contributed by atoms with Crippen LogP contribution in [0.1, 0.15) is 23.7 Å². The molecule has 0 radical (unpaired) electrons. The van der Waals surface area contributed by atoms with Gasteiger partial charge in [-0.05, 0) is 12.1 Å². The van der Waals surface area contributed by atoms with Crippen molar-refractivity contribution < 1.29 is 24.2 Å². The Morgan fingerprint density at radius 1 is 1.29 bits per heavy atom. The third kappa shape index (κ3) is 6.48. The van der Waals surface area contributed by atoms with Gasteiger partial charge in [-0.3, -0.25) is 14.9 Å². The number of aliphatic hydroxyl groups is 1. The van der Waals surface area contributed by atoms with Gasteiger partial charge >= 0.3 is 0 Å². The third-order valence-corrected chi connectivity index (χ3v) is 2.92. The molecule has 21 heavy (non-hydrogen) atoms. The molecule has 0 aliphatic carbocycles. The second-order valence-electron chi connectivity index (χ2n) is 4.77. The molecule has 2 amide bonds. The molecule has 0 bridgehead atoms. The molecule has 2 N–H and O–H groups in total. The van der Waals surface area contributed by atoms with E-state index in [0.29, 0.717) is 5.56 Å². The van der Waals surface area contributed by atoms with E-state index >= 15 is 0 Å². The minimum Gasteiger partial charge on any atom is -0.392 e. The number of carbonyl (C=O) groups is 2. The molecule has 1 rings (SSSR count). The zero-order valence-corrected chi connectivity index (χ0v) is 12.2. The van der Waals surface area contributed by atoms with Crippen molar-refractivity contribution in [1.29, 1.82) is 0 Å². The molecular formula is C15H21NO5. The maximum atomic E-state index is 11.8. The van der Waals surface area contributed by atoms with Gasteiger partial charge in [-0.15, -0.1) is 0 Å². The summed E-state index contributed by atoms with van der Waals surface area (Å²) in [7, 11) is 1.50. The van der Waals surface area contributed by atoms with Crippen LogP contribution in [0.4, 0.5) is 0 Å². The monoisotopic (exact) mass is 295 g/mol. The van der Waals surface area contributed by atoms with Crippen LogP contribution in [0.3, 0.4) is 0 Å². The lowest BCUT2D eigenvalue weighted by molar-refractivity contribution is -0.123. The smallest absolute Gasteiger partial charge is 0.257 e. The van der Waals surface area contributed by atoms with Gasteiger partial charge in [-0.2, -0.15) is 0 Å². The molecule has 116 valence electrons. The van der Waals surface area contributed by atoms with E-state index in [4.69, 9.17) is 9.47 Å². The molecule has 6 nitrogen and oxygen atoms in total. The largest absolute Gasteiger partial charge is 0.392 e. The van der Waals surface area contributed by atoms with Crippen molar-refractivity contribution in [1.82, 2.24) is 5.32 Å². The Bertz CT molecular complexity index is 449. The predicted octanol–water partition coefficient (Wildman–Crippen LogP) is 0.951. The van der Waals surface area contributed by atoms with Crippen molar-refractivity contribution in [3.63, 3.8) is 0 Å². The van der Waals surface area contributed by atoms with Crippen molar-refractivity contribution in [2.75, 3.05) is 20.5 Å².